The molecule has 3 unspecified atom stereocenters. The van der Waals surface area contributed by atoms with Crippen LogP contribution in [0.4, 0.5) is 0 Å². The first-order valence-electron chi connectivity index (χ1n) is 35.2. The summed E-state index contributed by atoms with van der Waals surface area (Å²) in [6.45, 7) is 7.21. The lowest BCUT2D eigenvalue weighted by Crippen LogP contribution is -2.30. The van der Waals surface area contributed by atoms with Gasteiger partial charge in [0.15, 0.2) is 12.2 Å². The van der Waals surface area contributed by atoms with Crippen molar-refractivity contribution in [2.24, 2.45) is 5.92 Å². The number of hydrogen-bond donors (Lipinski definition) is 3. The maximum absolute atomic E-state index is 13.0. The van der Waals surface area contributed by atoms with Crippen molar-refractivity contribution < 1.29 is 80.2 Å². The fourth-order valence-corrected chi connectivity index (χ4v) is 11.7. The van der Waals surface area contributed by atoms with Crippen molar-refractivity contribution in [2.45, 2.75) is 361 Å². The third-order valence-electron chi connectivity index (χ3n) is 15.9. The standard InChI is InChI=1S/C67H130O17P2/c1-6-10-13-16-19-22-24-25-26-28-31-38-43-48-53-67(72)84-63(57-78-65(70)51-46-41-36-33-32-34-39-44-49-60(5)9-4)59-82-86(75,76)80-55-61(68)54-79-85(73,74)81-58-62(56-77-64(69)50-45-40-35-29-21-18-15-12-8-3)83-66(71)52-47-42-37-30-27-23-20-17-14-11-7-2/h60-63,68H,6-59H2,1-5H3,(H,73,74)(H,75,76)/t60?,61-,62+,63+/m0/s1. The van der Waals surface area contributed by atoms with Gasteiger partial charge in [-0.15, -0.1) is 0 Å². The number of aliphatic hydroxyl groups is 1. The zero-order valence-electron chi connectivity index (χ0n) is 55.4. The predicted molar refractivity (Wildman–Crippen MR) is 345 cm³/mol. The van der Waals surface area contributed by atoms with E-state index in [0.29, 0.717) is 25.7 Å². The maximum atomic E-state index is 13.0. The van der Waals surface area contributed by atoms with Gasteiger partial charge in [0.25, 0.3) is 0 Å². The summed E-state index contributed by atoms with van der Waals surface area (Å²) in [5, 5.41) is 10.6. The highest BCUT2D eigenvalue weighted by molar-refractivity contribution is 7.47. The second-order valence-corrected chi connectivity index (χ2v) is 27.4. The molecule has 19 heteroatoms. The Labute approximate surface area is 524 Å². The number of esters is 4. The van der Waals surface area contributed by atoms with Crippen LogP contribution in [-0.2, 0) is 65.4 Å². The molecule has 0 aromatic carbocycles. The molecule has 0 saturated carbocycles. The molecule has 0 aliphatic rings. The Hall–Kier alpha value is -1.94. The molecule has 0 fully saturated rings. The smallest absolute Gasteiger partial charge is 0.462 e. The molecule has 0 bridgehead atoms. The summed E-state index contributed by atoms with van der Waals surface area (Å²) in [6.07, 6.45) is 45.6. The van der Waals surface area contributed by atoms with Gasteiger partial charge < -0.3 is 33.8 Å². The van der Waals surface area contributed by atoms with Crippen molar-refractivity contribution in [3.63, 3.8) is 0 Å². The quantitative estimate of drug-likeness (QED) is 0.0222. The summed E-state index contributed by atoms with van der Waals surface area (Å²) in [5.74, 6) is -1.35. The molecular formula is C67H130O17P2. The summed E-state index contributed by atoms with van der Waals surface area (Å²) < 4.78 is 68.1. The third-order valence-corrected chi connectivity index (χ3v) is 17.8. The van der Waals surface area contributed by atoms with Crippen molar-refractivity contribution >= 4 is 39.5 Å². The molecule has 0 radical (unpaired) electrons. The van der Waals surface area contributed by atoms with Crippen LogP contribution in [0.25, 0.3) is 0 Å². The second-order valence-electron chi connectivity index (χ2n) is 24.5. The minimum atomic E-state index is -4.95. The Kier molecular flexibility index (Phi) is 59.2. The first-order valence-corrected chi connectivity index (χ1v) is 38.2. The lowest BCUT2D eigenvalue weighted by atomic mass is 9.99. The Morgan fingerprint density at radius 2 is 0.558 bits per heavy atom. The molecule has 17 nitrogen and oxygen atoms in total. The number of aliphatic hydroxyl groups excluding tert-OH is 1. The minimum Gasteiger partial charge on any atom is -0.462 e. The van der Waals surface area contributed by atoms with Gasteiger partial charge in [-0.2, -0.15) is 0 Å². The van der Waals surface area contributed by atoms with Gasteiger partial charge >= 0.3 is 39.5 Å². The van der Waals surface area contributed by atoms with Crippen LogP contribution in [-0.4, -0.2) is 96.7 Å². The number of rotatable bonds is 67. The second kappa shape index (κ2) is 60.6. The van der Waals surface area contributed by atoms with Gasteiger partial charge in [-0.1, -0.05) is 291 Å². The van der Waals surface area contributed by atoms with Gasteiger partial charge in [-0.25, -0.2) is 9.13 Å². The van der Waals surface area contributed by atoms with Crippen molar-refractivity contribution in [3.8, 4) is 0 Å². The summed E-state index contributed by atoms with van der Waals surface area (Å²) in [6, 6.07) is 0. The fourth-order valence-electron chi connectivity index (χ4n) is 10.1. The van der Waals surface area contributed by atoms with E-state index in [4.69, 9.17) is 37.0 Å². The van der Waals surface area contributed by atoms with Crippen LogP contribution >= 0.6 is 15.6 Å². The summed E-state index contributed by atoms with van der Waals surface area (Å²) in [4.78, 5) is 72.3. The van der Waals surface area contributed by atoms with E-state index in [9.17, 15) is 43.2 Å². The molecular weight excluding hydrogens is 1140 g/mol. The van der Waals surface area contributed by atoms with Gasteiger partial charge in [0.05, 0.1) is 26.4 Å². The Morgan fingerprint density at radius 3 is 0.826 bits per heavy atom. The number of unbranched alkanes of at least 4 members (excludes halogenated alkanes) is 38. The molecule has 0 heterocycles. The minimum absolute atomic E-state index is 0.107. The van der Waals surface area contributed by atoms with Crippen LogP contribution in [0, 0.1) is 5.92 Å². The number of hydrogen-bond acceptors (Lipinski definition) is 15. The van der Waals surface area contributed by atoms with Gasteiger partial charge in [0, 0.05) is 25.7 Å². The number of ether oxygens (including phenoxy) is 4. The SMILES string of the molecule is CCCCCCCCCCCCCCCCC(=O)O[C@H](COC(=O)CCCCCCCCCCC(C)CC)COP(=O)(O)OC[C@@H](O)COP(=O)(O)OC[C@@H](COC(=O)CCCCCCCCCCC)OC(=O)CCCCCCCCCCCCC. The molecule has 6 atom stereocenters. The fraction of sp³-hybridized carbons (Fsp3) is 0.940. The van der Waals surface area contributed by atoms with Crippen LogP contribution in [0.1, 0.15) is 343 Å². The highest BCUT2D eigenvalue weighted by Gasteiger charge is 2.30. The molecule has 0 spiro atoms. The molecule has 0 rings (SSSR count). The molecule has 0 aromatic heterocycles. The van der Waals surface area contributed by atoms with Crippen LogP contribution in [0.5, 0.6) is 0 Å². The molecule has 0 amide bonds. The lowest BCUT2D eigenvalue weighted by molar-refractivity contribution is -0.161. The van der Waals surface area contributed by atoms with E-state index >= 15 is 0 Å². The van der Waals surface area contributed by atoms with E-state index in [1.807, 2.05) is 0 Å². The Bertz CT molecular complexity index is 1670. The van der Waals surface area contributed by atoms with Crippen molar-refractivity contribution in [3.05, 3.63) is 0 Å². The molecule has 0 aromatic rings. The first-order chi connectivity index (χ1) is 41.6. The van der Waals surface area contributed by atoms with E-state index in [1.54, 1.807) is 0 Å². The monoisotopic (exact) mass is 1270 g/mol. The number of carbonyl (C=O) groups excluding carboxylic acids is 4. The molecule has 0 aliphatic carbocycles. The summed E-state index contributed by atoms with van der Waals surface area (Å²) in [5.41, 5.74) is 0. The number of carbonyl (C=O) groups is 4. The highest BCUT2D eigenvalue weighted by Crippen LogP contribution is 2.45. The molecule has 510 valence electrons. The maximum Gasteiger partial charge on any atom is 0.472 e. The van der Waals surface area contributed by atoms with E-state index in [2.05, 4.69) is 34.6 Å². The van der Waals surface area contributed by atoms with Gasteiger partial charge in [0.2, 0.25) is 0 Å². The van der Waals surface area contributed by atoms with Crippen molar-refractivity contribution in [2.75, 3.05) is 39.6 Å². The number of phosphoric acid groups is 2. The van der Waals surface area contributed by atoms with E-state index < -0.39 is 97.5 Å². The zero-order chi connectivity index (χ0) is 63.5. The summed E-state index contributed by atoms with van der Waals surface area (Å²) in [7, 11) is -9.89. The van der Waals surface area contributed by atoms with Crippen LogP contribution in [0.15, 0.2) is 0 Å². The van der Waals surface area contributed by atoms with Crippen molar-refractivity contribution in [1.82, 2.24) is 0 Å². The molecule has 0 saturated heterocycles. The first kappa shape index (κ1) is 84.1. The Balaban J connectivity index is 5.24. The Morgan fingerprint density at radius 1 is 0.326 bits per heavy atom. The van der Waals surface area contributed by atoms with E-state index in [1.165, 1.54) is 167 Å². The van der Waals surface area contributed by atoms with Crippen molar-refractivity contribution in [1.29, 1.82) is 0 Å². The van der Waals surface area contributed by atoms with Gasteiger partial charge in [-0.3, -0.25) is 37.3 Å². The molecule has 0 aliphatic heterocycles. The van der Waals surface area contributed by atoms with E-state index in [0.717, 1.165) is 95.8 Å². The number of phosphoric ester groups is 2. The molecule has 86 heavy (non-hydrogen) atoms. The van der Waals surface area contributed by atoms with E-state index in [-0.39, 0.29) is 25.7 Å². The van der Waals surface area contributed by atoms with Gasteiger partial charge in [0.1, 0.15) is 19.3 Å². The van der Waals surface area contributed by atoms with Crippen LogP contribution in [0.2, 0.25) is 0 Å². The normalized spacial score (nSPS) is 14.5. The van der Waals surface area contributed by atoms with Gasteiger partial charge in [-0.05, 0) is 31.6 Å². The average Bonchev–Trinajstić information content (AvgIpc) is 3.64. The molecule has 3 N–H and O–H groups in total. The largest absolute Gasteiger partial charge is 0.472 e. The average molecular weight is 1270 g/mol. The lowest BCUT2D eigenvalue weighted by Gasteiger charge is -2.21. The zero-order valence-corrected chi connectivity index (χ0v) is 57.2. The van der Waals surface area contributed by atoms with Crippen LogP contribution in [0.3, 0.4) is 0 Å². The van der Waals surface area contributed by atoms with Crippen LogP contribution < -0.4 is 0 Å². The topological polar surface area (TPSA) is 237 Å². The summed E-state index contributed by atoms with van der Waals surface area (Å²) >= 11 is 0. The third kappa shape index (κ3) is 59.7. The predicted octanol–water partition coefficient (Wildman–Crippen LogP) is 19.0. The highest BCUT2D eigenvalue weighted by atomic mass is 31.2.